The molecule has 0 spiro atoms. The van der Waals surface area contributed by atoms with Gasteiger partial charge in [-0.05, 0) is 24.5 Å². The first-order valence-corrected chi connectivity index (χ1v) is 9.26. The van der Waals surface area contributed by atoms with Gasteiger partial charge >= 0.3 is 0 Å². The smallest absolute Gasteiger partial charge is 0.103 e. The Hall–Kier alpha value is -1.72. The van der Waals surface area contributed by atoms with E-state index in [9.17, 15) is 5.11 Å². The maximum atomic E-state index is 10.2. The summed E-state index contributed by atoms with van der Waals surface area (Å²) in [5.74, 6) is 0. The first kappa shape index (κ1) is 20.6. The Morgan fingerprint density at radius 3 is 1.88 bits per heavy atom. The summed E-state index contributed by atoms with van der Waals surface area (Å²) in [5, 5.41) is 10.2. The van der Waals surface area contributed by atoms with Gasteiger partial charge in [0.05, 0.1) is 38.6 Å². The van der Waals surface area contributed by atoms with E-state index in [1.165, 1.54) is 0 Å². The third kappa shape index (κ3) is 7.67. The highest BCUT2D eigenvalue weighted by atomic mass is 16.5. The normalized spacial score (nSPS) is 14.7. The first-order valence-electron chi connectivity index (χ1n) is 9.26. The van der Waals surface area contributed by atoms with E-state index in [4.69, 9.17) is 14.2 Å². The number of hydrogen-bond acceptors (Lipinski definition) is 4. The molecule has 3 atom stereocenters. The zero-order valence-electron chi connectivity index (χ0n) is 15.7. The predicted octanol–water partition coefficient (Wildman–Crippen LogP) is 3.96. The summed E-state index contributed by atoms with van der Waals surface area (Å²) >= 11 is 0. The van der Waals surface area contributed by atoms with Crippen molar-refractivity contribution in [2.75, 3.05) is 13.2 Å². The second-order valence-electron chi connectivity index (χ2n) is 6.43. The zero-order chi connectivity index (χ0) is 18.6. The maximum Gasteiger partial charge on any atom is 0.103 e. The van der Waals surface area contributed by atoms with Crippen molar-refractivity contribution in [3.63, 3.8) is 0 Å². The van der Waals surface area contributed by atoms with Crippen LogP contribution in [0, 0.1) is 0 Å². The van der Waals surface area contributed by atoms with Crippen LogP contribution in [-0.4, -0.2) is 36.6 Å². The lowest BCUT2D eigenvalue weighted by Gasteiger charge is -2.21. The highest BCUT2D eigenvalue weighted by molar-refractivity contribution is 5.14. The molecular formula is C22H30O4. The largest absolute Gasteiger partial charge is 0.388 e. The summed E-state index contributed by atoms with van der Waals surface area (Å²) in [6, 6.07) is 20.0. The quantitative estimate of drug-likeness (QED) is 0.624. The van der Waals surface area contributed by atoms with E-state index >= 15 is 0 Å². The molecule has 2 aromatic rings. The molecular weight excluding hydrogens is 328 g/mol. The van der Waals surface area contributed by atoms with Crippen molar-refractivity contribution < 1.29 is 19.3 Å². The monoisotopic (exact) mass is 358 g/mol. The van der Waals surface area contributed by atoms with Crippen LogP contribution in [0.1, 0.15) is 31.4 Å². The van der Waals surface area contributed by atoms with E-state index in [2.05, 4.69) is 6.92 Å². The molecule has 4 heteroatoms. The molecule has 2 rings (SSSR count). The summed E-state index contributed by atoms with van der Waals surface area (Å²) < 4.78 is 17.3. The number of rotatable bonds is 12. The van der Waals surface area contributed by atoms with E-state index in [1.54, 1.807) is 0 Å². The first-order chi connectivity index (χ1) is 12.7. The van der Waals surface area contributed by atoms with Crippen LogP contribution in [-0.2, 0) is 27.4 Å². The van der Waals surface area contributed by atoms with Crippen molar-refractivity contribution in [3.8, 4) is 0 Å². The van der Waals surface area contributed by atoms with E-state index in [1.807, 2.05) is 67.6 Å². The number of hydrogen-bond donors (Lipinski definition) is 1. The van der Waals surface area contributed by atoms with Gasteiger partial charge in [0.15, 0.2) is 0 Å². The van der Waals surface area contributed by atoms with Gasteiger partial charge < -0.3 is 19.3 Å². The second-order valence-corrected chi connectivity index (χ2v) is 6.43. The van der Waals surface area contributed by atoms with Crippen LogP contribution in [0.15, 0.2) is 60.7 Å². The van der Waals surface area contributed by atoms with Gasteiger partial charge in [-0.3, -0.25) is 0 Å². The molecule has 0 saturated heterocycles. The summed E-state index contributed by atoms with van der Waals surface area (Å²) in [4.78, 5) is 0. The highest BCUT2D eigenvalue weighted by Crippen LogP contribution is 2.09. The molecule has 0 aromatic heterocycles. The standard InChI is InChI=1S/C22H30O4/c1-3-21(26-15-20-12-8-5-9-13-20)16-24-17-22(23)18(2)25-14-19-10-6-4-7-11-19/h4-13,18,21-23H,3,14-17H2,1-2H3. The molecule has 0 heterocycles. The lowest BCUT2D eigenvalue weighted by Crippen LogP contribution is -2.32. The number of aliphatic hydroxyl groups excluding tert-OH is 1. The summed E-state index contributed by atoms with van der Waals surface area (Å²) in [6.45, 7) is 5.69. The van der Waals surface area contributed by atoms with Gasteiger partial charge in [0.1, 0.15) is 6.10 Å². The van der Waals surface area contributed by atoms with Gasteiger partial charge in [0.2, 0.25) is 0 Å². The minimum atomic E-state index is -0.662. The van der Waals surface area contributed by atoms with E-state index in [-0.39, 0.29) is 18.8 Å². The molecule has 0 aliphatic carbocycles. The van der Waals surface area contributed by atoms with Crippen molar-refractivity contribution in [3.05, 3.63) is 71.8 Å². The van der Waals surface area contributed by atoms with Crippen LogP contribution in [0.3, 0.4) is 0 Å². The molecule has 0 fully saturated rings. The van der Waals surface area contributed by atoms with Crippen LogP contribution in [0.4, 0.5) is 0 Å². The molecule has 0 aliphatic rings. The minimum Gasteiger partial charge on any atom is -0.388 e. The zero-order valence-corrected chi connectivity index (χ0v) is 15.7. The molecule has 2 aromatic carbocycles. The molecule has 0 amide bonds. The fourth-order valence-corrected chi connectivity index (χ4v) is 2.44. The number of aliphatic hydroxyl groups is 1. The Bertz CT molecular complexity index is 588. The van der Waals surface area contributed by atoms with Gasteiger partial charge in [-0.2, -0.15) is 0 Å². The Kier molecular flexibility index (Phi) is 9.35. The molecule has 142 valence electrons. The summed E-state index contributed by atoms with van der Waals surface area (Å²) in [7, 11) is 0. The molecule has 0 aliphatic heterocycles. The van der Waals surface area contributed by atoms with Crippen LogP contribution in [0.25, 0.3) is 0 Å². The van der Waals surface area contributed by atoms with E-state index in [0.29, 0.717) is 19.8 Å². The van der Waals surface area contributed by atoms with Crippen LogP contribution >= 0.6 is 0 Å². The van der Waals surface area contributed by atoms with Crippen molar-refractivity contribution in [2.24, 2.45) is 0 Å². The molecule has 1 N–H and O–H groups in total. The molecule has 0 radical (unpaired) electrons. The average Bonchev–Trinajstić information content (AvgIpc) is 2.70. The highest BCUT2D eigenvalue weighted by Gasteiger charge is 2.16. The fraction of sp³-hybridized carbons (Fsp3) is 0.455. The Morgan fingerprint density at radius 1 is 0.808 bits per heavy atom. The van der Waals surface area contributed by atoms with Gasteiger partial charge in [0, 0.05) is 0 Å². The molecule has 3 unspecified atom stereocenters. The lowest BCUT2D eigenvalue weighted by atomic mass is 10.2. The molecule has 26 heavy (non-hydrogen) atoms. The molecule has 4 nitrogen and oxygen atoms in total. The summed E-state index contributed by atoms with van der Waals surface area (Å²) in [5.41, 5.74) is 2.24. The number of ether oxygens (including phenoxy) is 3. The fourth-order valence-electron chi connectivity index (χ4n) is 2.44. The Morgan fingerprint density at radius 2 is 1.35 bits per heavy atom. The summed E-state index contributed by atoms with van der Waals surface area (Å²) in [6.07, 6.45) is -0.0722. The van der Waals surface area contributed by atoms with Crippen molar-refractivity contribution >= 4 is 0 Å². The molecule has 0 saturated carbocycles. The van der Waals surface area contributed by atoms with Gasteiger partial charge in [-0.25, -0.2) is 0 Å². The second kappa shape index (κ2) is 11.8. The predicted molar refractivity (Wildman–Crippen MR) is 103 cm³/mol. The van der Waals surface area contributed by atoms with Crippen LogP contribution in [0.2, 0.25) is 0 Å². The van der Waals surface area contributed by atoms with Gasteiger partial charge in [-0.1, -0.05) is 67.6 Å². The topological polar surface area (TPSA) is 47.9 Å². The van der Waals surface area contributed by atoms with Crippen molar-refractivity contribution in [1.29, 1.82) is 0 Å². The maximum absolute atomic E-state index is 10.2. The van der Waals surface area contributed by atoms with Crippen molar-refractivity contribution in [1.82, 2.24) is 0 Å². The van der Waals surface area contributed by atoms with Crippen LogP contribution < -0.4 is 0 Å². The third-order valence-electron chi connectivity index (χ3n) is 4.27. The Labute approximate surface area is 156 Å². The number of benzene rings is 2. The van der Waals surface area contributed by atoms with E-state index in [0.717, 1.165) is 17.5 Å². The average molecular weight is 358 g/mol. The molecule has 0 bridgehead atoms. The van der Waals surface area contributed by atoms with Gasteiger partial charge in [0.25, 0.3) is 0 Å². The van der Waals surface area contributed by atoms with Crippen molar-refractivity contribution in [2.45, 2.75) is 51.8 Å². The van der Waals surface area contributed by atoms with E-state index < -0.39 is 6.10 Å². The SMILES string of the molecule is CCC(COCC(O)C(C)OCc1ccccc1)OCc1ccccc1. The minimum absolute atomic E-state index is 0.0166. The Balaban J connectivity index is 1.63. The van der Waals surface area contributed by atoms with Gasteiger partial charge in [-0.15, -0.1) is 0 Å². The lowest BCUT2D eigenvalue weighted by molar-refractivity contribution is -0.0888. The van der Waals surface area contributed by atoms with Crippen LogP contribution in [0.5, 0.6) is 0 Å². The third-order valence-corrected chi connectivity index (χ3v) is 4.27.